The Balaban J connectivity index is 1.66. The Labute approximate surface area is 188 Å². The van der Waals surface area contributed by atoms with Crippen LogP contribution in [0.15, 0.2) is 48.5 Å². The largest absolute Gasteiger partial charge is 0.455 e. The number of carbonyl (C=O) groups excluding carboxylic acids is 2. The number of alkyl carbamates (subject to hydrolysis) is 1. The molecule has 32 heavy (non-hydrogen) atoms. The summed E-state index contributed by atoms with van der Waals surface area (Å²) in [5, 5.41) is 21.5. The zero-order valence-electron chi connectivity index (χ0n) is 18.8. The molecular weight excluding hydrogens is 410 g/mol. The Morgan fingerprint density at radius 3 is 1.91 bits per heavy atom. The van der Waals surface area contributed by atoms with E-state index in [2.05, 4.69) is 17.4 Å². The Morgan fingerprint density at radius 2 is 1.44 bits per heavy atom. The van der Waals surface area contributed by atoms with Gasteiger partial charge in [0.25, 0.3) is 0 Å². The molecule has 3 N–H and O–H groups in total. The van der Waals surface area contributed by atoms with Crippen molar-refractivity contribution in [1.82, 2.24) is 5.32 Å². The smallest absolute Gasteiger partial charge is 0.407 e. The van der Waals surface area contributed by atoms with Gasteiger partial charge in [0.15, 0.2) is 12.4 Å². The minimum absolute atomic E-state index is 0.0903. The van der Waals surface area contributed by atoms with Gasteiger partial charge in [-0.05, 0) is 34.1 Å². The van der Waals surface area contributed by atoms with Gasteiger partial charge in [0, 0.05) is 5.92 Å². The maximum atomic E-state index is 12.6. The van der Waals surface area contributed by atoms with Gasteiger partial charge >= 0.3 is 12.1 Å². The van der Waals surface area contributed by atoms with Crippen LogP contribution in [0.3, 0.4) is 0 Å². The fourth-order valence-electron chi connectivity index (χ4n) is 4.01. The fourth-order valence-corrected chi connectivity index (χ4v) is 4.01. The Kier molecular flexibility index (Phi) is 7.53. The van der Waals surface area contributed by atoms with Crippen molar-refractivity contribution >= 4 is 12.1 Å². The average Bonchev–Trinajstić information content (AvgIpc) is 3.07. The number of hydrogen-bond donors (Lipinski definition) is 3. The second-order valence-electron chi connectivity index (χ2n) is 8.75. The molecular formula is C25H31NO6. The van der Waals surface area contributed by atoms with E-state index in [1.165, 1.54) is 0 Å². The van der Waals surface area contributed by atoms with Crippen LogP contribution in [0.4, 0.5) is 4.79 Å². The number of hydrogen-bond acceptors (Lipinski definition) is 6. The molecule has 2 aromatic rings. The molecule has 0 aliphatic heterocycles. The van der Waals surface area contributed by atoms with Crippen LogP contribution < -0.4 is 5.32 Å². The van der Waals surface area contributed by atoms with Crippen LogP contribution in [0.2, 0.25) is 0 Å². The summed E-state index contributed by atoms with van der Waals surface area (Å²) in [7, 11) is 0. The van der Waals surface area contributed by atoms with Gasteiger partial charge in [0.05, 0.1) is 0 Å². The fraction of sp³-hybridized carbons (Fsp3) is 0.440. The van der Waals surface area contributed by atoms with Crippen molar-refractivity contribution < 1.29 is 29.3 Å². The lowest BCUT2D eigenvalue weighted by atomic mass is 9.98. The van der Waals surface area contributed by atoms with E-state index in [-0.39, 0.29) is 24.4 Å². The predicted molar refractivity (Wildman–Crippen MR) is 120 cm³/mol. The topological polar surface area (TPSA) is 105 Å². The molecule has 1 amide bonds. The summed E-state index contributed by atoms with van der Waals surface area (Å²) in [4.78, 5) is 25.2. The molecule has 3 rings (SSSR count). The first kappa shape index (κ1) is 23.8. The molecule has 0 spiro atoms. The number of rotatable bonds is 8. The van der Waals surface area contributed by atoms with Crippen LogP contribution in [0.25, 0.3) is 11.1 Å². The SMILES string of the molecule is CC(C)[C@@H](OC(=O)[C@@H](NC(=O)OCC1c2ccccc2-c2ccccc21)C(C)C)C(O)O. The molecule has 0 saturated heterocycles. The lowest BCUT2D eigenvalue weighted by molar-refractivity contribution is -0.185. The van der Waals surface area contributed by atoms with E-state index >= 15 is 0 Å². The molecule has 0 fully saturated rings. The second kappa shape index (κ2) is 10.1. The van der Waals surface area contributed by atoms with Crippen molar-refractivity contribution in [2.45, 2.75) is 52.0 Å². The molecule has 172 valence electrons. The van der Waals surface area contributed by atoms with Crippen molar-refractivity contribution in [2.75, 3.05) is 6.61 Å². The zero-order chi connectivity index (χ0) is 23.4. The maximum Gasteiger partial charge on any atom is 0.407 e. The first-order chi connectivity index (χ1) is 15.2. The number of aliphatic hydroxyl groups excluding tert-OH is 1. The highest BCUT2D eigenvalue weighted by molar-refractivity contribution is 5.82. The van der Waals surface area contributed by atoms with Gasteiger partial charge in [-0.15, -0.1) is 0 Å². The van der Waals surface area contributed by atoms with Crippen LogP contribution in [0.5, 0.6) is 0 Å². The van der Waals surface area contributed by atoms with E-state index in [1.807, 2.05) is 36.4 Å². The molecule has 0 aromatic heterocycles. The van der Waals surface area contributed by atoms with Gasteiger partial charge in [-0.25, -0.2) is 9.59 Å². The molecule has 0 unspecified atom stereocenters. The summed E-state index contributed by atoms with van der Waals surface area (Å²) in [6.45, 7) is 7.07. The van der Waals surface area contributed by atoms with E-state index in [9.17, 15) is 19.8 Å². The Morgan fingerprint density at radius 1 is 0.906 bits per heavy atom. The highest BCUT2D eigenvalue weighted by Crippen LogP contribution is 2.44. The minimum Gasteiger partial charge on any atom is -0.455 e. The zero-order valence-corrected chi connectivity index (χ0v) is 18.8. The standard InChI is InChI=1S/C25H31NO6/c1-14(2)21(24(29)32-22(15(3)4)23(27)28)26-25(30)31-13-20-18-11-7-5-9-16(18)17-10-6-8-12-19(17)20/h5-12,14-15,20-23,27-28H,13H2,1-4H3,(H,26,30)/t21-,22+/m0/s1. The number of nitrogens with one attached hydrogen (secondary N) is 1. The molecule has 7 nitrogen and oxygen atoms in total. The highest BCUT2D eigenvalue weighted by Gasteiger charge is 2.33. The number of carbonyl (C=O) groups is 2. The number of benzene rings is 2. The third-order valence-electron chi connectivity index (χ3n) is 5.74. The molecule has 0 radical (unpaired) electrons. The first-order valence-electron chi connectivity index (χ1n) is 10.9. The van der Waals surface area contributed by atoms with E-state index in [0.717, 1.165) is 22.3 Å². The third-order valence-corrected chi connectivity index (χ3v) is 5.74. The molecule has 7 heteroatoms. The Bertz CT molecular complexity index is 901. The number of aliphatic hydroxyl groups is 2. The Hall–Kier alpha value is -2.90. The normalized spacial score (nSPS) is 14.8. The molecule has 0 bridgehead atoms. The number of fused-ring (bicyclic) bond motifs is 3. The molecule has 2 aromatic carbocycles. The van der Waals surface area contributed by atoms with Gasteiger partial charge in [-0.3, -0.25) is 0 Å². The molecule has 2 atom stereocenters. The van der Waals surface area contributed by atoms with Crippen LogP contribution in [0.1, 0.15) is 44.7 Å². The monoisotopic (exact) mass is 441 g/mol. The summed E-state index contributed by atoms with van der Waals surface area (Å²) >= 11 is 0. The average molecular weight is 442 g/mol. The lowest BCUT2D eigenvalue weighted by Gasteiger charge is -2.27. The maximum absolute atomic E-state index is 12.6. The van der Waals surface area contributed by atoms with Gasteiger partial charge in [-0.1, -0.05) is 76.2 Å². The van der Waals surface area contributed by atoms with Gasteiger partial charge in [-0.2, -0.15) is 0 Å². The summed E-state index contributed by atoms with van der Waals surface area (Å²) < 4.78 is 10.8. The minimum atomic E-state index is -1.80. The van der Waals surface area contributed by atoms with E-state index < -0.39 is 30.5 Å². The predicted octanol–water partition coefficient (Wildman–Crippen LogP) is 3.43. The first-order valence-corrected chi connectivity index (χ1v) is 10.9. The number of amides is 1. The van der Waals surface area contributed by atoms with Crippen molar-refractivity contribution in [3.05, 3.63) is 59.7 Å². The van der Waals surface area contributed by atoms with Gasteiger partial charge in [0.2, 0.25) is 0 Å². The van der Waals surface area contributed by atoms with Gasteiger partial charge in [0.1, 0.15) is 12.6 Å². The quantitative estimate of drug-likeness (QED) is 0.428. The molecule has 0 saturated carbocycles. The van der Waals surface area contributed by atoms with Crippen molar-refractivity contribution in [1.29, 1.82) is 0 Å². The molecule has 1 aliphatic carbocycles. The highest BCUT2D eigenvalue weighted by atomic mass is 16.6. The second-order valence-corrected chi connectivity index (χ2v) is 8.75. The summed E-state index contributed by atoms with van der Waals surface area (Å²) in [6, 6.07) is 15.1. The van der Waals surface area contributed by atoms with Gasteiger partial charge < -0.3 is 25.0 Å². The van der Waals surface area contributed by atoms with Crippen LogP contribution >= 0.6 is 0 Å². The summed E-state index contributed by atoms with van der Waals surface area (Å²) in [5.41, 5.74) is 4.45. The number of esters is 1. The summed E-state index contributed by atoms with van der Waals surface area (Å²) in [6.07, 6.45) is -3.62. The van der Waals surface area contributed by atoms with E-state index in [0.29, 0.717) is 0 Å². The summed E-state index contributed by atoms with van der Waals surface area (Å²) in [5.74, 6) is -1.42. The lowest BCUT2D eigenvalue weighted by Crippen LogP contribution is -2.48. The number of ether oxygens (including phenoxy) is 2. The van der Waals surface area contributed by atoms with E-state index in [1.54, 1.807) is 27.7 Å². The van der Waals surface area contributed by atoms with Crippen molar-refractivity contribution in [3.8, 4) is 11.1 Å². The van der Waals surface area contributed by atoms with Crippen LogP contribution in [-0.2, 0) is 14.3 Å². The van der Waals surface area contributed by atoms with Crippen molar-refractivity contribution in [2.24, 2.45) is 11.8 Å². The molecule has 0 heterocycles. The van der Waals surface area contributed by atoms with Crippen LogP contribution in [-0.4, -0.2) is 47.3 Å². The molecule has 1 aliphatic rings. The van der Waals surface area contributed by atoms with E-state index in [4.69, 9.17) is 9.47 Å². The third kappa shape index (κ3) is 5.11. The van der Waals surface area contributed by atoms with Crippen LogP contribution in [0, 0.1) is 11.8 Å². The van der Waals surface area contributed by atoms with Crippen molar-refractivity contribution in [3.63, 3.8) is 0 Å².